The molecule has 0 saturated carbocycles. The fraction of sp³-hybridized carbons (Fsp3) is 0.296. The molecule has 0 bridgehead atoms. The zero-order valence-corrected chi connectivity index (χ0v) is 18.2. The Kier molecular flexibility index (Phi) is 6.61. The molecule has 0 aromatic heterocycles. The lowest BCUT2D eigenvalue weighted by Gasteiger charge is -2.22. The molecule has 0 aliphatic heterocycles. The van der Waals surface area contributed by atoms with Crippen LogP contribution in [0.25, 0.3) is 22.3 Å². The Labute approximate surface area is 179 Å². The minimum absolute atomic E-state index is 0.211. The van der Waals surface area contributed by atoms with Crippen LogP contribution < -0.4 is 0 Å². The molecule has 30 heavy (non-hydrogen) atoms. The Bertz CT molecular complexity index is 983. The quantitative estimate of drug-likeness (QED) is 0.454. The molecule has 1 N–H and O–H groups in total. The van der Waals surface area contributed by atoms with Gasteiger partial charge in [0.25, 0.3) is 0 Å². The average Bonchev–Trinajstić information content (AvgIpc) is 2.71. The van der Waals surface area contributed by atoms with Crippen LogP contribution in [-0.2, 0) is 4.74 Å². The van der Waals surface area contributed by atoms with Crippen molar-refractivity contribution >= 4 is 5.97 Å². The molecule has 3 aromatic carbocycles. The van der Waals surface area contributed by atoms with E-state index in [2.05, 4.69) is 27.7 Å². The molecule has 0 spiro atoms. The summed E-state index contributed by atoms with van der Waals surface area (Å²) >= 11 is 0. The summed E-state index contributed by atoms with van der Waals surface area (Å²) in [6.07, 6.45) is 0.997. The van der Waals surface area contributed by atoms with E-state index in [-0.39, 0.29) is 17.1 Å². The van der Waals surface area contributed by atoms with Gasteiger partial charge in [-0.3, -0.25) is 0 Å². The number of benzene rings is 3. The number of phenolic OH excluding ortho intramolecular Hbond substituents is 1. The van der Waals surface area contributed by atoms with E-state index in [4.69, 9.17) is 4.74 Å². The van der Waals surface area contributed by atoms with Crippen LogP contribution in [0.1, 0.15) is 44.5 Å². The van der Waals surface area contributed by atoms with E-state index in [1.807, 2.05) is 54.6 Å². The minimum atomic E-state index is -0.314. The van der Waals surface area contributed by atoms with Gasteiger partial charge in [0.05, 0.1) is 12.2 Å². The average molecular weight is 403 g/mol. The maximum Gasteiger partial charge on any atom is 0.338 e. The highest BCUT2D eigenvalue weighted by Gasteiger charge is 2.17. The van der Waals surface area contributed by atoms with E-state index in [0.29, 0.717) is 18.1 Å². The maximum absolute atomic E-state index is 12.4. The van der Waals surface area contributed by atoms with Gasteiger partial charge >= 0.3 is 5.97 Å². The lowest BCUT2D eigenvalue weighted by atomic mass is 9.86. The number of esters is 1. The summed E-state index contributed by atoms with van der Waals surface area (Å²) in [5.41, 5.74) is 4.32. The Morgan fingerprint density at radius 2 is 1.53 bits per heavy atom. The summed E-state index contributed by atoms with van der Waals surface area (Å²) < 4.78 is 5.48. The summed E-state index contributed by atoms with van der Waals surface area (Å²) in [6, 6.07) is 22.8. The number of aromatic hydroxyl groups is 1. The van der Waals surface area contributed by atoms with Gasteiger partial charge in [0, 0.05) is 5.56 Å². The Balaban J connectivity index is 1.67. The topological polar surface area (TPSA) is 46.5 Å². The first-order chi connectivity index (χ1) is 14.2. The molecular formula is C27H30O3. The van der Waals surface area contributed by atoms with E-state index in [9.17, 15) is 9.90 Å². The first-order valence-corrected chi connectivity index (χ1v) is 10.4. The lowest BCUT2D eigenvalue weighted by molar-refractivity contribution is 0.0420. The van der Waals surface area contributed by atoms with Gasteiger partial charge in [-0.2, -0.15) is 0 Å². The van der Waals surface area contributed by atoms with Crippen LogP contribution in [0.15, 0.2) is 72.8 Å². The smallest absolute Gasteiger partial charge is 0.338 e. The number of rotatable bonds is 6. The van der Waals surface area contributed by atoms with E-state index < -0.39 is 0 Å². The van der Waals surface area contributed by atoms with Crippen molar-refractivity contribution in [3.63, 3.8) is 0 Å². The number of ether oxygens (including phenoxy) is 1. The summed E-state index contributed by atoms with van der Waals surface area (Å²) in [4.78, 5) is 12.4. The molecule has 0 fully saturated rings. The molecule has 0 aliphatic carbocycles. The molecule has 3 heteroatoms. The highest BCUT2D eigenvalue weighted by molar-refractivity contribution is 5.90. The molecule has 156 valence electrons. The lowest BCUT2D eigenvalue weighted by Crippen LogP contribution is -2.17. The van der Waals surface area contributed by atoms with Crippen LogP contribution >= 0.6 is 0 Å². The SMILES string of the molecule is CC(COC(=O)c1ccc(-c2ccc(-c3ccccc3)cc2O)cc1)CC(C)(C)C. The number of hydrogen-bond acceptors (Lipinski definition) is 3. The molecule has 3 rings (SSSR count). The molecule has 3 aromatic rings. The number of carbonyl (C=O) groups excluding carboxylic acids is 1. The van der Waals surface area contributed by atoms with Gasteiger partial charge in [0.2, 0.25) is 0 Å². The first-order valence-electron chi connectivity index (χ1n) is 10.4. The second kappa shape index (κ2) is 9.17. The highest BCUT2D eigenvalue weighted by atomic mass is 16.5. The summed E-state index contributed by atoms with van der Waals surface area (Å²) in [5, 5.41) is 10.5. The van der Waals surface area contributed by atoms with Crippen LogP contribution in [0.5, 0.6) is 5.75 Å². The zero-order chi connectivity index (χ0) is 21.7. The second-order valence-corrected chi connectivity index (χ2v) is 9.14. The predicted octanol–water partition coefficient (Wildman–Crippen LogP) is 6.96. The normalized spacial score (nSPS) is 12.4. The van der Waals surface area contributed by atoms with Gasteiger partial charge in [-0.1, -0.05) is 82.3 Å². The predicted molar refractivity (Wildman–Crippen MR) is 122 cm³/mol. The van der Waals surface area contributed by atoms with Crippen molar-refractivity contribution in [3.8, 4) is 28.0 Å². The largest absolute Gasteiger partial charge is 0.507 e. The standard InChI is InChI=1S/C27H30O3/c1-19(17-27(2,3)4)18-30-26(29)22-12-10-21(11-13-22)24-15-14-23(16-25(24)28)20-8-6-5-7-9-20/h5-16,19,28H,17-18H2,1-4H3. The molecule has 0 aliphatic rings. The summed E-state index contributed by atoms with van der Waals surface area (Å²) in [7, 11) is 0. The molecule has 0 saturated heterocycles. The van der Waals surface area contributed by atoms with Gasteiger partial charge < -0.3 is 9.84 Å². The number of phenols is 1. The van der Waals surface area contributed by atoms with Crippen LogP contribution in [-0.4, -0.2) is 17.7 Å². The minimum Gasteiger partial charge on any atom is -0.507 e. The monoisotopic (exact) mass is 402 g/mol. The van der Waals surface area contributed by atoms with Gasteiger partial charge in [0.15, 0.2) is 0 Å². The van der Waals surface area contributed by atoms with Crippen LogP contribution in [0, 0.1) is 11.3 Å². The molecule has 3 nitrogen and oxygen atoms in total. The Morgan fingerprint density at radius 3 is 2.13 bits per heavy atom. The Hall–Kier alpha value is -3.07. The van der Waals surface area contributed by atoms with Crippen molar-refractivity contribution in [1.29, 1.82) is 0 Å². The third-order valence-electron chi connectivity index (χ3n) is 5.00. The first kappa shape index (κ1) is 21.6. The summed E-state index contributed by atoms with van der Waals surface area (Å²) in [6.45, 7) is 9.08. The van der Waals surface area contributed by atoms with E-state index in [1.165, 1.54) is 0 Å². The molecule has 0 heterocycles. The van der Waals surface area contributed by atoms with Crippen molar-refractivity contribution < 1.29 is 14.6 Å². The third kappa shape index (κ3) is 5.73. The maximum atomic E-state index is 12.4. The van der Waals surface area contributed by atoms with Crippen LogP contribution in [0.2, 0.25) is 0 Å². The van der Waals surface area contributed by atoms with Gasteiger partial charge in [-0.25, -0.2) is 4.79 Å². The van der Waals surface area contributed by atoms with E-state index >= 15 is 0 Å². The van der Waals surface area contributed by atoms with Gasteiger partial charge in [-0.05, 0) is 52.6 Å². The van der Waals surface area contributed by atoms with E-state index in [0.717, 1.165) is 28.7 Å². The van der Waals surface area contributed by atoms with Crippen molar-refractivity contribution in [3.05, 3.63) is 78.4 Å². The van der Waals surface area contributed by atoms with E-state index in [1.54, 1.807) is 18.2 Å². The molecule has 1 atom stereocenters. The number of carbonyl (C=O) groups is 1. The van der Waals surface area contributed by atoms with Crippen LogP contribution in [0.4, 0.5) is 0 Å². The molecular weight excluding hydrogens is 372 g/mol. The fourth-order valence-electron chi connectivity index (χ4n) is 3.78. The van der Waals surface area contributed by atoms with Crippen molar-refractivity contribution in [2.75, 3.05) is 6.61 Å². The van der Waals surface area contributed by atoms with Gasteiger partial charge in [0.1, 0.15) is 5.75 Å². The van der Waals surface area contributed by atoms with Crippen LogP contribution in [0.3, 0.4) is 0 Å². The Morgan fingerprint density at radius 1 is 0.900 bits per heavy atom. The fourth-order valence-corrected chi connectivity index (χ4v) is 3.78. The summed E-state index contributed by atoms with van der Waals surface area (Å²) in [5.74, 6) is 0.210. The highest BCUT2D eigenvalue weighted by Crippen LogP contribution is 2.33. The third-order valence-corrected chi connectivity index (χ3v) is 5.00. The van der Waals surface area contributed by atoms with Crippen molar-refractivity contribution in [1.82, 2.24) is 0 Å². The molecule has 1 unspecified atom stereocenters. The zero-order valence-electron chi connectivity index (χ0n) is 18.2. The van der Waals surface area contributed by atoms with Crippen molar-refractivity contribution in [2.24, 2.45) is 11.3 Å². The number of hydrogen-bond donors (Lipinski definition) is 1. The second-order valence-electron chi connectivity index (χ2n) is 9.14. The molecule has 0 radical (unpaired) electrons. The molecule has 0 amide bonds. The van der Waals surface area contributed by atoms with Crippen molar-refractivity contribution in [2.45, 2.75) is 34.1 Å². The van der Waals surface area contributed by atoms with Gasteiger partial charge in [-0.15, -0.1) is 0 Å².